The van der Waals surface area contributed by atoms with E-state index in [0.717, 1.165) is 4.68 Å². The van der Waals surface area contributed by atoms with Crippen molar-refractivity contribution in [3.63, 3.8) is 0 Å². The fourth-order valence-electron chi connectivity index (χ4n) is 1.64. The number of alkyl halides is 3. The van der Waals surface area contributed by atoms with Crippen molar-refractivity contribution in [1.82, 2.24) is 14.8 Å². The third kappa shape index (κ3) is 3.81. The van der Waals surface area contributed by atoms with E-state index in [0.29, 0.717) is 16.9 Å². The minimum absolute atomic E-state index is 0.276. The van der Waals surface area contributed by atoms with Gasteiger partial charge in [-0.3, -0.25) is 9.48 Å². The zero-order valence-electron chi connectivity index (χ0n) is 10.5. The van der Waals surface area contributed by atoms with Crippen molar-refractivity contribution in [2.75, 3.05) is 5.32 Å². The third-order valence-electron chi connectivity index (χ3n) is 2.37. The lowest BCUT2D eigenvalue weighted by molar-refractivity contribution is -0.142. The van der Waals surface area contributed by atoms with E-state index in [2.05, 4.69) is 15.4 Å². The lowest BCUT2D eigenvalue weighted by Crippen LogP contribution is -2.17. The molecule has 0 atom stereocenters. The molecule has 0 aromatic carbocycles. The highest BCUT2D eigenvalue weighted by atomic mass is 19.4. The van der Waals surface area contributed by atoms with Crippen LogP contribution in [0.5, 0.6) is 0 Å². The lowest BCUT2D eigenvalue weighted by atomic mass is 10.1. The number of carbonyl (C=O) groups is 1. The van der Waals surface area contributed by atoms with Crippen molar-refractivity contribution in [2.45, 2.75) is 19.6 Å². The number of pyridine rings is 1. The van der Waals surface area contributed by atoms with Gasteiger partial charge in [-0.2, -0.15) is 18.3 Å². The highest BCUT2D eigenvalue weighted by Crippen LogP contribution is 2.22. The zero-order valence-corrected chi connectivity index (χ0v) is 10.5. The predicted molar refractivity (Wildman–Crippen MR) is 65.8 cm³/mol. The maximum absolute atomic E-state index is 12.2. The molecule has 2 heterocycles. The summed E-state index contributed by atoms with van der Waals surface area (Å²) < 4.78 is 37.5. The van der Waals surface area contributed by atoms with Crippen LogP contribution in [0.4, 0.5) is 19.0 Å². The summed E-state index contributed by atoms with van der Waals surface area (Å²) in [6.45, 7) is 0.201. The molecule has 0 aliphatic heterocycles. The summed E-state index contributed by atoms with van der Waals surface area (Å²) in [5.74, 6) is 0.0565. The first-order valence-electron chi connectivity index (χ1n) is 5.67. The second-order valence-corrected chi connectivity index (χ2v) is 4.15. The zero-order chi connectivity index (χ0) is 14.8. The molecule has 0 aliphatic rings. The number of nitrogens with one attached hydrogen (secondary N) is 1. The molecule has 0 spiro atoms. The fourth-order valence-corrected chi connectivity index (χ4v) is 1.64. The fraction of sp³-hybridized carbons (Fsp3) is 0.250. The standard InChI is InChI=1S/C12H11F3N4O/c1-8(20)18-11-4-9(2-3-16-11)10-5-17-19(6-10)7-12(13,14)15/h2-6H,7H2,1H3,(H,16,18,20). The van der Waals surface area contributed by atoms with Gasteiger partial charge in [0.05, 0.1) is 6.20 Å². The second kappa shape index (κ2) is 5.32. The Morgan fingerprint density at radius 3 is 2.80 bits per heavy atom. The molecular weight excluding hydrogens is 273 g/mol. The summed E-state index contributed by atoms with van der Waals surface area (Å²) >= 11 is 0. The van der Waals surface area contributed by atoms with Crippen LogP contribution in [0.25, 0.3) is 11.1 Å². The van der Waals surface area contributed by atoms with Crippen LogP contribution < -0.4 is 5.32 Å². The SMILES string of the molecule is CC(=O)Nc1cc(-c2cnn(CC(F)(F)F)c2)ccn1. The van der Waals surface area contributed by atoms with Crippen molar-refractivity contribution < 1.29 is 18.0 Å². The van der Waals surface area contributed by atoms with Crippen molar-refractivity contribution >= 4 is 11.7 Å². The molecule has 0 unspecified atom stereocenters. The minimum atomic E-state index is -4.32. The van der Waals surface area contributed by atoms with Crippen molar-refractivity contribution in [3.8, 4) is 11.1 Å². The van der Waals surface area contributed by atoms with Gasteiger partial charge in [0, 0.05) is 24.9 Å². The number of anilines is 1. The van der Waals surface area contributed by atoms with Crippen LogP contribution in [-0.4, -0.2) is 26.8 Å². The molecule has 8 heteroatoms. The van der Waals surface area contributed by atoms with Crippen molar-refractivity contribution in [1.29, 1.82) is 0 Å². The van der Waals surface area contributed by atoms with Gasteiger partial charge >= 0.3 is 6.18 Å². The van der Waals surface area contributed by atoms with Gasteiger partial charge in [0.2, 0.25) is 5.91 Å². The number of aromatic nitrogens is 3. The maximum atomic E-state index is 12.2. The van der Waals surface area contributed by atoms with Crippen LogP contribution in [0, 0.1) is 0 Å². The number of halogens is 3. The average Bonchev–Trinajstić information content (AvgIpc) is 2.74. The van der Waals surface area contributed by atoms with E-state index in [-0.39, 0.29) is 5.91 Å². The molecule has 2 rings (SSSR count). The van der Waals surface area contributed by atoms with Gasteiger partial charge in [-0.1, -0.05) is 0 Å². The van der Waals surface area contributed by atoms with Gasteiger partial charge in [-0.05, 0) is 17.7 Å². The van der Waals surface area contributed by atoms with Crippen molar-refractivity contribution in [2.24, 2.45) is 0 Å². The molecule has 0 bridgehead atoms. The molecule has 5 nitrogen and oxygen atoms in total. The largest absolute Gasteiger partial charge is 0.408 e. The summed E-state index contributed by atoms with van der Waals surface area (Å²) in [5.41, 5.74) is 1.14. The topological polar surface area (TPSA) is 59.8 Å². The summed E-state index contributed by atoms with van der Waals surface area (Å²) in [6, 6.07) is 3.19. The van der Waals surface area contributed by atoms with E-state index in [9.17, 15) is 18.0 Å². The van der Waals surface area contributed by atoms with Gasteiger partial charge in [-0.15, -0.1) is 0 Å². The maximum Gasteiger partial charge on any atom is 0.408 e. The molecule has 2 aromatic heterocycles. The van der Waals surface area contributed by atoms with Crippen LogP contribution >= 0.6 is 0 Å². The number of carbonyl (C=O) groups excluding carboxylic acids is 1. The van der Waals surface area contributed by atoms with Gasteiger partial charge in [-0.25, -0.2) is 4.98 Å². The quantitative estimate of drug-likeness (QED) is 0.941. The minimum Gasteiger partial charge on any atom is -0.311 e. The van der Waals surface area contributed by atoms with E-state index < -0.39 is 12.7 Å². The Balaban J connectivity index is 2.21. The summed E-state index contributed by atoms with van der Waals surface area (Å²) in [5, 5.41) is 6.16. The molecule has 0 saturated carbocycles. The molecule has 0 fully saturated rings. The number of rotatable bonds is 3. The van der Waals surface area contributed by atoms with E-state index in [1.165, 1.54) is 25.5 Å². The number of hydrogen-bond donors (Lipinski definition) is 1. The first-order chi connectivity index (χ1) is 9.33. The van der Waals surface area contributed by atoms with Gasteiger partial charge in [0.15, 0.2) is 0 Å². The summed E-state index contributed by atoms with van der Waals surface area (Å²) in [4.78, 5) is 14.9. The van der Waals surface area contributed by atoms with E-state index in [1.807, 2.05) is 0 Å². The van der Waals surface area contributed by atoms with Crippen LogP contribution in [0.1, 0.15) is 6.92 Å². The molecule has 0 saturated heterocycles. The molecular formula is C12H11F3N4O. The van der Waals surface area contributed by atoms with Crippen LogP contribution in [-0.2, 0) is 11.3 Å². The molecule has 0 aliphatic carbocycles. The molecule has 1 N–H and O–H groups in total. The Labute approximate surface area is 112 Å². The number of amides is 1. The average molecular weight is 284 g/mol. The predicted octanol–water partition coefficient (Wildman–Crippen LogP) is 2.47. The molecule has 1 amide bonds. The van der Waals surface area contributed by atoms with Gasteiger partial charge in [0.25, 0.3) is 0 Å². The monoisotopic (exact) mass is 284 g/mol. The van der Waals surface area contributed by atoms with Gasteiger partial charge < -0.3 is 5.32 Å². The Bertz CT molecular complexity index is 621. The Morgan fingerprint density at radius 2 is 2.15 bits per heavy atom. The number of hydrogen-bond acceptors (Lipinski definition) is 3. The molecule has 0 radical (unpaired) electrons. The summed E-state index contributed by atoms with van der Waals surface area (Å²) in [6.07, 6.45) is -0.233. The highest BCUT2D eigenvalue weighted by Gasteiger charge is 2.28. The van der Waals surface area contributed by atoms with E-state index >= 15 is 0 Å². The van der Waals surface area contributed by atoms with Crippen LogP contribution in [0.3, 0.4) is 0 Å². The number of nitrogens with zero attached hydrogens (tertiary/aromatic N) is 3. The Kier molecular flexibility index (Phi) is 3.73. The van der Waals surface area contributed by atoms with E-state index in [1.54, 1.807) is 12.1 Å². The normalized spacial score (nSPS) is 11.4. The smallest absolute Gasteiger partial charge is 0.311 e. The Morgan fingerprint density at radius 1 is 1.40 bits per heavy atom. The second-order valence-electron chi connectivity index (χ2n) is 4.15. The third-order valence-corrected chi connectivity index (χ3v) is 2.37. The lowest BCUT2D eigenvalue weighted by Gasteiger charge is -2.05. The Hall–Kier alpha value is -2.38. The first-order valence-corrected chi connectivity index (χ1v) is 5.67. The van der Waals surface area contributed by atoms with Crippen LogP contribution in [0.2, 0.25) is 0 Å². The van der Waals surface area contributed by atoms with Crippen LogP contribution in [0.15, 0.2) is 30.7 Å². The van der Waals surface area contributed by atoms with Crippen molar-refractivity contribution in [3.05, 3.63) is 30.7 Å². The molecule has 20 heavy (non-hydrogen) atoms. The van der Waals surface area contributed by atoms with Gasteiger partial charge in [0.1, 0.15) is 12.4 Å². The molecule has 2 aromatic rings. The first kappa shape index (κ1) is 14.0. The summed E-state index contributed by atoms with van der Waals surface area (Å²) in [7, 11) is 0. The van der Waals surface area contributed by atoms with E-state index in [4.69, 9.17) is 0 Å². The molecule has 106 valence electrons. The highest BCUT2D eigenvalue weighted by molar-refractivity contribution is 5.88.